The smallest absolute Gasteiger partial charge is 0.333 e. The van der Waals surface area contributed by atoms with E-state index in [2.05, 4.69) is 26.5 Å². The van der Waals surface area contributed by atoms with Crippen molar-refractivity contribution in [3.8, 4) is 5.88 Å². The number of carbonyl (C=O) groups excluding carboxylic acids is 1. The first-order chi connectivity index (χ1) is 14.9. The summed E-state index contributed by atoms with van der Waals surface area (Å²) in [7, 11) is -4.12. The molecule has 6 rings (SSSR count). The van der Waals surface area contributed by atoms with Gasteiger partial charge < -0.3 is 15.4 Å². The first kappa shape index (κ1) is 19.1. The zero-order chi connectivity index (χ0) is 21.2. The van der Waals surface area contributed by atoms with Crippen LogP contribution in [0.25, 0.3) is 0 Å². The normalized spacial score (nSPS) is 20.4. The van der Waals surface area contributed by atoms with E-state index in [9.17, 15) is 13.2 Å². The third-order valence-electron chi connectivity index (χ3n) is 6.99. The maximum atomic E-state index is 13.0. The van der Waals surface area contributed by atoms with E-state index in [1.807, 2.05) is 0 Å². The van der Waals surface area contributed by atoms with E-state index >= 15 is 0 Å². The molecular formula is C21H25N5O4S. The molecule has 1 fully saturated rings. The van der Waals surface area contributed by atoms with E-state index in [0.29, 0.717) is 13.2 Å². The number of benzene rings is 1. The number of rotatable bonds is 3. The van der Waals surface area contributed by atoms with Crippen molar-refractivity contribution in [2.75, 3.05) is 25.0 Å². The topological polar surface area (TPSA) is 114 Å². The standard InChI is InChI=1S/C21H25N5O4S/c27-20(24-18-15-5-1-3-13(15)7-14-4-2-6-16(14)18)25-31(28,29)17-8-23-26-11-21(9-22-10-21)12-30-19(17)26/h7-8,22H,1-6,9-12H2,(H2,24,25,27). The van der Waals surface area contributed by atoms with Gasteiger partial charge in [0.2, 0.25) is 5.88 Å². The zero-order valence-corrected chi connectivity index (χ0v) is 18.0. The number of hydrogen-bond acceptors (Lipinski definition) is 6. The van der Waals surface area contributed by atoms with Gasteiger partial charge in [0, 0.05) is 24.2 Å². The highest BCUT2D eigenvalue weighted by Crippen LogP contribution is 2.39. The van der Waals surface area contributed by atoms with Crippen LogP contribution in [0.4, 0.5) is 10.5 Å². The van der Waals surface area contributed by atoms with E-state index in [-0.39, 0.29) is 16.2 Å². The van der Waals surface area contributed by atoms with Crippen molar-refractivity contribution in [2.24, 2.45) is 5.41 Å². The van der Waals surface area contributed by atoms with E-state index in [1.54, 1.807) is 4.68 Å². The van der Waals surface area contributed by atoms with Crippen LogP contribution >= 0.6 is 0 Å². The molecule has 31 heavy (non-hydrogen) atoms. The number of aromatic nitrogens is 2. The Labute approximate surface area is 180 Å². The van der Waals surface area contributed by atoms with E-state index in [0.717, 1.165) is 68.4 Å². The van der Waals surface area contributed by atoms with Crippen LogP contribution in [-0.2, 0) is 42.3 Å². The third-order valence-corrected chi connectivity index (χ3v) is 8.30. The minimum Gasteiger partial charge on any atom is -0.476 e. The number of fused-ring (bicyclic) bond motifs is 3. The quantitative estimate of drug-likeness (QED) is 0.660. The summed E-state index contributed by atoms with van der Waals surface area (Å²) in [6.45, 7) is 2.67. The molecule has 1 aromatic carbocycles. The summed E-state index contributed by atoms with van der Waals surface area (Å²) >= 11 is 0. The van der Waals surface area contributed by atoms with Crippen LogP contribution in [-0.4, -0.2) is 43.9 Å². The second kappa shape index (κ2) is 6.70. The summed E-state index contributed by atoms with van der Waals surface area (Å²) in [6, 6.07) is 1.52. The Balaban J connectivity index is 1.24. The summed E-state index contributed by atoms with van der Waals surface area (Å²) in [5, 5.41) is 10.3. The largest absolute Gasteiger partial charge is 0.476 e. The molecule has 3 heterocycles. The Bertz CT molecular complexity index is 1170. The highest BCUT2D eigenvalue weighted by Gasteiger charge is 2.44. The molecule has 2 amide bonds. The van der Waals surface area contributed by atoms with Gasteiger partial charge in [-0.25, -0.2) is 22.6 Å². The van der Waals surface area contributed by atoms with Gasteiger partial charge in [0.25, 0.3) is 10.0 Å². The first-order valence-electron chi connectivity index (χ1n) is 10.8. The van der Waals surface area contributed by atoms with Crippen molar-refractivity contribution in [3.05, 3.63) is 34.5 Å². The van der Waals surface area contributed by atoms with E-state index in [4.69, 9.17) is 4.74 Å². The molecular weight excluding hydrogens is 418 g/mol. The number of nitrogens with zero attached hydrogens (tertiary/aromatic N) is 2. The number of ether oxygens (including phenoxy) is 1. The lowest BCUT2D eigenvalue weighted by Crippen LogP contribution is -2.60. The molecule has 164 valence electrons. The Hall–Kier alpha value is -2.59. The van der Waals surface area contributed by atoms with Crippen molar-refractivity contribution in [1.82, 2.24) is 19.8 Å². The van der Waals surface area contributed by atoms with Gasteiger partial charge in [-0.3, -0.25) is 0 Å². The molecule has 0 atom stereocenters. The van der Waals surface area contributed by atoms with Crippen molar-refractivity contribution in [2.45, 2.75) is 50.0 Å². The molecule has 2 aromatic rings. The molecule has 1 spiro atoms. The van der Waals surface area contributed by atoms with Crippen LogP contribution in [0.3, 0.4) is 0 Å². The van der Waals surface area contributed by atoms with Crippen LogP contribution < -0.4 is 20.1 Å². The summed E-state index contributed by atoms with van der Waals surface area (Å²) in [5.41, 5.74) is 5.63. The van der Waals surface area contributed by atoms with Crippen molar-refractivity contribution >= 4 is 21.7 Å². The minimum atomic E-state index is -4.12. The van der Waals surface area contributed by atoms with Crippen LogP contribution in [0.2, 0.25) is 0 Å². The highest BCUT2D eigenvalue weighted by atomic mass is 32.2. The number of anilines is 1. The minimum absolute atomic E-state index is 0.0288. The molecule has 9 nitrogen and oxygen atoms in total. The fourth-order valence-electron chi connectivity index (χ4n) is 5.36. The second-order valence-electron chi connectivity index (χ2n) is 9.16. The van der Waals surface area contributed by atoms with Gasteiger partial charge in [-0.15, -0.1) is 0 Å². The lowest BCUT2D eigenvalue weighted by molar-refractivity contribution is 0.0213. The number of sulfonamides is 1. The number of carbonyl (C=O) groups is 1. The molecule has 0 bridgehead atoms. The predicted octanol–water partition coefficient (Wildman–Crippen LogP) is 1.35. The van der Waals surface area contributed by atoms with Gasteiger partial charge in [-0.05, 0) is 60.8 Å². The maximum absolute atomic E-state index is 13.0. The van der Waals surface area contributed by atoms with Crippen LogP contribution in [0.15, 0.2) is 17.2 Å². The Morgan fingerprint density at radius 1 is 1.13 bits per heavy atom. The third kappa shape index (κ3) is 3.03. The van der Waals surface area contributed by atoms with Gasteiger partial charge >= 0.3 is 6.03 Å². The van der Waals surface area contributed by atoms with Gasteiger partial charge in [-0.2, -0.15) is 5.10 Å². The van der Waals surface area contributed by atoms with E-state index in [1.165, 1.54) is 17.3 Å². The molecule has 3 N–H and O–H groups in total. The Morgan fingerprint density at radius 3 is 2.48 bits per heavy atom. The molecule has 2 aliphatic carbocycles. The Morgan fingerprint density at radius 2 is 1.84 bits per heavy atom. The average Bonchev–Trinajstić information content (AvgIpc) is 3.44. The van der Waals surface area contributed by atoms with E-state index < -0.39 is 16.1 Å². The van der Waals surface area contributed by atoms with Crippen LogP contribution in [0.5, 0.6) is 5.88 Å². The van der Waals surface area contributed by atoms with Crippen molar-refractivity contribution < 1.29 is 17.9 Å². The van der Waals surface area contributed by atoms with Crippen LogP contribution in [0.1, 0.15) is 35.1 Å². The Kier molecular flexibility index (Phi) is 4.13. The summed E-state index contributed by atoms with van der Waals surface area (Å²) in [4.78, 5) is 12.7. The number of urea groups is 1. The molecule has 0 saturated carbocycles. The molecule has 10 heteroatoms. The molecule has 1 saturated heterocycles. The lowest BCUT2D eigenvalue weighted by atomic mass is 9.82. The molecule has 1 aromatic heterocycles. The van der Waals surface area contributed by atoms with Gasteiger partial charge in [-0.1, -0.05) is 6.07 Å². The SMILES string of the molecule is O=C(Nc1c2c(cc3c1CCC3)CCC2)NS(=O)(=O)c1cnn2c1OCC1(CNC1)C2. The zero-order valence-electron chi connectivity index (χ0n) is 17.2. The highest BCUT2D eigenvalue weighted by molar-refractivity contribution is 7.90. The summed E-state index contributed by atoms with van der Waals surface area (Å²) in [6.07, 6.45) is 7.21. The van der Waals surface area contributed by atoms with Crippen molar-refractivity contribution in [3.63, 3.8) is 0 Å². The monoisotopic (exact) mass is 443 g/mol. The molecule has 0 radical (unpaired) electrons. The molecule has 2 aliphatic heterocycles. The average molecular weight is 444 g/mol. The lowest BCUT2D eigenvalue weighted by Gasteiger charge is -2.44. The van der Waals surface area contributed by atoms with Gasteiger partial charge in [0.05, 0.1) is 19.3 Å². The van der Waals surface area contributed by atoms with Gasteiger partial charge in [0.15, 0.2) is 4.90 Å². The van der Waals surface area contributed by atoms with Crippen LogP contribution in [0, 0.1) is 5.41 Å². The molecule has 4 aliphatic rings. The number of aryl methyl sites for hydroxylation is 2. The number of hydrogen-bond donors (Lipinski definition) is 3. The fourth-order valence-corrected chi connectivity index (χ4v) is 6.35. The van der Waals surface area contributed by atoms with Crippen molar-refractivity contribution in [1.29, 1.82) is 0 Å². The second-order valence-corrected chi connectivity index (χ2v) is 10.8. The maximum Gasteiger partial charge on any atom is 0.333 e. The predicted molar refractivity (Wildman–Crippen MR) is 113 cm³/mol. The first-order valence-corrected chi connectivity index (χ1v) is 12.3. The number of amides is 2. The molecule has 0 unspecified atom stereocenters. The fraction of sp³-hybridized carbons (Fsp3) is 0.524. The summed E-state index contributed by atoms with van der Waals surface area (Å²) in [5.74, 6) is 0.194. The van der Waals surface area contributed by atoms with Gasteiger partial charge in [0.1, 0.15) is 0 Å². The number of nitrogens with one attached hydrogen (secondary N) is 3. The summed E-state index contributed by atoms with van der Waals surface area (Å²) < 4.78 is 35.4.